The Bertz CT molecular complexity index is 1900. The number of methoxy groups -OCH3 is 2. The van der Waals surface area contributed by atoms with Gasteiger partial charge >= 0.3 is 5.97 Å². The molecule has 2 heterocycles. The van der Waals surface area contributed by atoms with Gasteiger partial charge in [-0.05, 0) is 61.4 Å². The van der Waals surface area contributed by atoms with Crippen molar-refractivity contribution in [3.05, 3.63) is 117 Å². The van der Waals surface area contributed by atoms with E-state index in [2.05, 4.69) is 36.9 Å². The summed E-state index contributed by atoms with van der Waals surface area (Å²) >= 11 is 8.33. The summed E-state index contributed by atoms with van der Waals surface area (Å²) in [6.07, 6.45) is 1.80. The van der Waals surface area contributed by atoms with Gasteiger partial charge in [-0.15, -0.1) is 0 Å². The van der Waals surface area contributed by atoms with Crippen LogP contribution in [0.15, 0.2) is 90.7 Å². The molecule has 11 heteroatoms. The van der Waals surface area contributed by atoms with E-state index in [4.69, 9.17) is 18.9 Å². The van der Waals surface area contributed by atoms with Crippen molar-refractivity contribution < 1.29 is 23.7 Å². The molecule has 0 bridgehead atoms. The van der Waals surface area contributed by atoms with Gasteiger partial charge < -0.3 is 18.9 Å². The van der Waals surface area contributed by atoms with Crippen LogP contribution in [-0.4, -0.2) is 31.4 Å². The van der Waals surface area contributed by atoms with E-state index in [0.29, 0.717) is 48.9 Å². The van der Waals surface area contributed by atoms with Crippen LogP contribution in [0.3, 0.4) is 0 Å². The van der Waals surface area contributed by atoms with Crippen LogP contribution >= 0.6 is 43.2 Å². The van der Waals surface area contributed by atoms with Crippen LogP contribution in [0.25, 0.3) is 6.08 Å². The van der Waals surface area contributed by atoms with E-state index in [9.17, 15) is 9.59 Å². The molecule has 0 radical (unpaired) electrons. The molecule has 0 spiro atoms. The third-order valence-corrected chi connectivity index (χ3v) is 9.03. The number of aromatic nitrogens is 1. The first-order chi connectivity index (χ1) is 20.7. The zero-order chi connectivity index (χ0) is 30.7. The summed E-state index contributed by atoms with van der Waals surface area (Å²) in [4.78, 5) is 32.6. The van der Waals surface area contributed by atoms with Crippen LogP contribution in [0.2, 0.25) is 0 Å². The lowest BCUT2D eigenvalue weighted by Gasteiger charge is -2.26. The highest BCUT2D eigenvalue weighted by Crippen LogP contribution is 2.40. The Labute approximate surface area is 269 Å². The first-order valence-electron chi connectivity index (χ1n) is 13.3. The second-order valence-electron chi connectivity index (χ2n) is 9.48. The highest BCUT2D eigenvalue weighted by Gasteiger charge is 2.35. The summed E-state index contributed by atoms with van der Waals surface area (Å²) in [5, 5.41) is 0. The van der Waals surface area contributed by atoms with Crippen molar-refractivity contribution in [2.45, 2.75) is 26.5 Å². The summed E-state index contributed by atoms with van der Waals surface area (Å²) in [7, 11) is 3.08. The quantitative estimate of drug-likeness (QED) is 0.199. The van der Waals surface area contributed by atoms with Crippen molar-refractivity contribution >= 4 is 55.2 Å². The molecule has 1 aliphatic heterocycles. The number of thiazole rings is 1. The maximum Gasteiger partial charge on any atom is 0.338 e. The molecule has 0 amide bonds. The average Bonchev–Trinajstić information content (AvgIpc) is 3.30. The molecule has 1 atom stereocenters. The number of fused-ring (bicyclic) bond motifs is 1. The zero-order valence-electron chi connectivity index (χ0n) is 23.9. The summed E-state index contributed by atoms with van der Waals surface area (Å²) in [5.41, 5.74) is 2.83. The predicted molar refractivity (Wildman–Crippen MR) is 173 cm³/mol. The van der Waals surface area contributed by atoms with Gasteiger partial charge in [0.2, 0.25) is 0 Å². The van der Waals surface area contributed by atoms with Crippen molar-refractivity contribution in [1.29, 1.82) is 0 Å². The molecule has 8 nitrogen and oxygen atoms in total. The van der Waals surface area contributed by atoms with E-state index in [1.54, 1.807) is 39.2 Å². The molecule has 1 aromatic heterocycles. The monoisotopic (exact) mass is 726 g/mol. The van der Waals surface area contributed by atoms with Gasteiger partial charge in [-0.1, -0.05) is 73.5 Å². The molecule has 222 valence electrons. The summed E-state index contributed by atoms with van der Waals surface area (Å²) in [6, 6.07) is 18.1. The zero-order valence-corrected chi connectivity index (χ0v) is 27.8. The molecule has 0 N–H and O–H groups in total. The Hall–Kier alpha value is -3.67. The fraction of sp³-hybridized carbons (Fsp3) is 0.219. The molecule has 0 saturated carbocycles. The molecule has 0 fully saturated rings. The highest BCUT2D eigenvalue weighted by atomic mass is 79.9. The molecular weight excluding hydrogens is 700 g/mol. The number of rotatable bonds is 9. The van der Waals surface area contributed by atoms with Crippen LogP contribution in [0.1, 0.15) is 36.6 Å². The first kappa shape index (κ1) is 30.8. The van der Waals surface area contributed by atoms with E-state index in [1.165, 1.54) is 23.0 Å². The molecule has 43 heavy (non-hydrogen) atoms. The molecule has 0 unspecified atom stereocenters. The number of halogens is 2. The van der Waals surface area contributed by atoms with Crippen LogP contribution < -0.4 is 29.1 Å². The van der Waals surface area contributed by atoms with Gasteiger partial charge in [-0.3, -0.25) is 9.36 Å². The number of ether oxygens (including phenoxy) is 4. The van der Waals surface area contributed by atoms with Crippen LogP contribution in [0, 0.1) is 0 Å². The van der Waals surface area contributed by atoms with Gasteiger partial charge in [0, 0.05) is 14.5 Å². The maximum atomic E-state index is 14.1. The lowest BCUT2D eigenvalue weighted by Crippen LogP contribution is -2.40. The van der Waals surface area contributed by atoms with Gasteiger partial charge in [-0.25, -0.2) is 9.79 Å². The van der Waals surface area contributed by atoms with E-state index >= 15 is 0 Å². The Morgan fingerprint density at radius 1 is 1.02 bits per heavy atom. The molecule has 5 rings (SSSR count). The fourth-order valence-electron chi connectivity index (χ4n) is 4.78. The van der Waals surface area contributed by atoms with Crippen LogP contribution in [0.5, 0.6) is 17.2 Å². The Morgan fingerprint density at radius 3 is 2.42 bits per heavy atom. The summed E-state index contributed by atoms with van der Waals surface area (Å²) in [6.45, 7) is 4.03. The Kier molecular flexibility index (Phi) is 9.53. The number of allylic oxidation sites excluding steroid dienone is 1. The van der Waals surface area contributed by atoms with Crippen molar-refractivity contribution in [3.8, 4) is 17.2 Å². The van der Waals surface area contributed by atoms with E-state index in [0.717, 1.165) is 15.6 Å². The number of carbonyl (C=O) groups is 1. The van der Waals surface area contributed by atoms with Crippen molar-refractivity contribution in [1.82, 2.24) is 4.57 Å². The molecule has 1 aliphatic rings. The highest BCUT2D eigenvalue weighted by molar-refractivity contribution is 9.10. The van der Waals surface area contributed by atoms with Gasteiger partial charge in [0.15, 0.2) is 16.3 Å². The molecule has 0 aliphatic carbocycles. The van der Waals surface area contributed by atoms with Crippen molar-refractivity contribution in [2.75, 3.05) is 20.8 Å². The van der Waals surface area contributed by atoms with Gasteiger partial charge in [0.25, 0.3) is 5.56 Å². The molecular formula is C32H28Br2N2O6S. The number of hydrogen-bond acceptors (Lipinski definition) is 8. The number of benzene rings is 3. The van der Waals surface area contributed by atoms with Crippen molar-refractivity contribution in [2.24, 2.45) is 4.99 Å². The topological polar surface area (TPSA) is 88.4 Å². The van der Waals surface area contributed by atoms with E-state index in [-0.39, 0.29) is 17.7 Å². The summed E-state index contributed by atoms with van der Waals surface area (Å²) in [5.74, 6) is 1.05. The molecule has 3 aromatic carbocycles. The average molecular weight is 728 g/mol. The van der Waals surface area contributed by atoms with E-state index in [1.807, 2.05) is 48.5 Å². The Balaban J connectivity index is 1.64. The lowest BCUT2D eigenvalue weighted by atomic mass is 9.95. The molecule has 4 aromatic rings. The smallest absolute Gasteiger partial charge is 0.338 e. The standard InChI is InChI=1S/C32H28Br2N2O6S/c1-5-41-31(38)28-18(2)35-32-36(29(28)22-15-25(39-3)26(40-4)16-23(22)34)30(37)27(43-32)14-20-8-6-7-9-24(20)42-17-19-10-12-21(33)13-11-19/h6-16,29H,5,17H2,1-4H3/b27-14-/t29-/m0/s1. The van der Waals surface area contributed by atoms with Gasteiger partial charge in [-0.2, -0.15) is 0 Å². The Morgan fingerprint density at radius 2 is 1.72 bits per heavy atom. The second kappa shape index (κ2) is 13.3. The second-order valence-corrected chi connectivity index (χ2v) is 12.3. The maximum absolute atomic E-state index is 14.1. The minimum atomic E-state index is -0.824. The van der Waals surface area contributed by atoms with Gasteiger partial charge in [0.1, 0.15) is 12.4 Å². The van der Waals surface area contributed by atoms with Crippen LogP contribution in [0.4, 0.5) is 0 Å². The largest absolute Gasteiger partial charge is 0.493 e. The van der Waals surface area contributed by atoms with E-state index < -0.39 is 12.0 Å². The van der Waals surface area contributed by atoms with Crippen LogP contribution in [-0.2, 0) is 16.1 Å². The molecule has 0 saturated heterocycles. The number of hydrogen-bond donors (Lipinski definition) is 0. The van der Waals surface area contributed by atoms with Gasteiger partial charge in [0.05, 0.1) is 42.7 Å². The first-order valence-corrected chi connectivity index (χ1v) is 15.7. The third-order valence-electron chi connectivity index (χ3n) is 6.83. The fourth-order valence-corrected chi connectivity index (χ4v) is 6.62. The van der Waals surface area contributed by atoms with Crippen molar-refractivity contribution in [3.63, 3.8) is 0 Å². The third kappa shape index (κ3) is 6.34. The minimum absolute atomic E-state index is 0.177. The number of esters is 1. The minimum Gasteiger partial charge on any atom is -0.493 e. The number of para-hydroxylation sites is 1. The lowest BCUT2D eigenvalue weighted by molar-refractivity contribution is -0.139. The predicted octanol–water partition coefficient (Wildman–Crippen LogP) is 5.92. The number of carbonyl (C=O) groups excluding carboxylic acids is 1. The normalized spacial score (nSPS) is 14.7. The summed E-state index contributed by atoms with van der Waals surface area (Å²) < 4.78 is 26.2. The number of nitrogens with zero attached hydrogens (tertiary/aromatic N) is 2. The SMILES string of the molecule is CCOC(=O)C1=C(C)N=c2s/c(=C\c3ccccc3OCc3ccc(Br)cc3)c(=O)n2[C@H]1c1cc(OC)c(OC)cc1Br.